The van der Waals surface area contributed by atoms with Crippen LogP contribution in [0.2, 0.25) is 0 Å². The highest BCUT2D eigenvalue weighted by atomic mass is 16.5. The summed E-state index contributed by atoms with van der Waals surface area (Å²) in [6.07, 6.45) is 1.57. The summed E-state index contributed by atoms with van der Waals surface area (Å²) in [4.78, 5) is 15.8. The number of ether oxygens (including phenoxy) is 2. The second-order valence-corrected chi connectivity index (χ2v) is 3.51. The van der Waals surface area contributed by atoms with Gasteiger partial charge in [0.25, 0.3) is 0 Å². The van der Waals surface area contributed by atoms with Crippen molar-refractivity contribution < 1.29 is 18.7 Å². The number of carbonyl (C=O) groups excluding carboxylic acids is 1. The van der Waals surface area contributed by atoms with Crippen LogP contribution in [-0.4, -0.2) is 24.2 Å². The summed E-state index contributed by atoms with van der Waals surface area (Å²) in [5.41, 5.74) is 0.624. The highest BCUT2D eigenvalue weighted by molar-refractivity contribution is 5.87. The Hall–Kier alpha value is -1.36. The third-order valence-electron chi connectivity index (χ3n) is 2.11. The van der Waals surface area contributed by atoms with Gasteiger partial charge in [-0.15, -0.1) is 0 Å². The Morgan fingerprint density at radius 3 is 2.71 bits per heavy atom. The number of esters is 1. The quantitative estimate of drug-likeness (QED) is 0.541. The predicted molar refractivity (Wildman–Crippen MR) is 61.8 cm³/mol. The molecule has 5 heteroatoms. The van der Waals surface area contributed by atoms with E-state index in [-0.39, 0.29) is 5.76 Å². The first-order chi connectivity index (χ1) is 8.22. The third kappa shape index (κ3) is 3.85. The van der Waals surface area contributed by atoms with Gasteiger partial charge in [0, 0.05) is 6.61 Å². The van der Waals surface area contributed by atoms with Crippen molar-refractivity contribution in [1.82, 2.24) is 4.98 Å². The number of aromatic nitrogens is 1. The minimum Gasteiger partial charge on any atom is -0.460 e. The van der Waals surface area contributed by atoms with Crippen molar-refractivity contribution in [1.29, 1.82) is 0 Å². The molecule has 96 valence electrons. The van der Waals surface area contributed by atoms with Crippen LogP contribution in [0.3, 0.4) is 0 Å². The second kappa shape index (κ2) is 7.06. The molecule has 0 aliphatic carbocycles. The summed E-state index contributed by atoms with van der Waals surface area (Å²) in [6, 6.07) is 0. The van der Waals surface area contributed by atoms with E-state index < -0.39 is 5.97 Å². The third-order valence-corrected chi connectivity index (χ3v) is 2.11. The largest absolute Gasteiger partial charge is 0.460 e. The molecule has 1 aromatic rings. The fourth-order valence-corrected chi connectivity index (χ4v) is 1.36. The average molecular weight is 241 g/mol. The molecule has 17 heavy (non-hydrogen) atoms. The average Bonchev–Trinajstić information content (AvgIpc) is 2.73. The van der Waals surface area contributed by atoms with E-state index in [0.29, 0.717) is 37.8 Å². The van der Waals surface area contributed by atoms with Gasteiger partial charge in [-0.2, -0.15) is 0 Å². The van der Waals surface area contributed by atoms with Crippen molar-refractivity contribution in [2.24, 2.45) is 0 Å². The first-order valence-corrected chi connectivity index (χ1v) is 5.96. The molecule has 0 aromatic carbocycles. The maximum Gasteiger partial charge on any atom is 0.376 e. The van der Waals surface area contributed by atoms with Gasteiger partial charge in [-0.1, -0.05) is 13.8 Å². The topological polar surface area (TPSA) is 61.6 Å². The Morgan fingerprint density at radius 1 is 1.35 bits per heavy atom. The molecule has 0 unspecified atom stereocenters. The predicted octanol–water partition coefficient (Wildman–Crippen LogP) is 2.34. The van der Waals surface area contributed by atoms with E-state index in [0.717, 1.165) is 6.42 Å². The maximum atomic E-state index is 11.6. The zero-order valence-corrected chi connectivity index (χ0v) is 10.6. The molecule has 0 spiro atoms. The van der Waals surface area contributed by atoms with Gasteiger partial charge in [0.05, 0.1) is 12.3 Å². The lowest BCUT2D eigenvalue weighted by Gasteiger charge is -1.98. The number of aryl methyl sites for hydroxylation is 1. The van der Waals surface area contributed by atoms with Crippen LogP contribution >= 0.6 is 0 Å². The van der Waals surface area contributed by atoms with Crippen LogP contribution < -0.4 is 0 Å². The van der Waals surface area contributed by atoms with Crippen LogP contribution in [0.1, 0.15) is 49.3 Å². The highest BCUT2D eigenvalue weighted by Crippen LogP contribution is 2.14. The van der Waals surface area contributed by atoms with Gasteiger partial charge in [0.1, 0.15) is 6.61 Å². The van der Waals surface area contributed by atoms with Crippen LogP contribution in [0, 0.1) is 0 Å². The van der Waals surface area contributed by atoms with Crippen molar-refractivity contribution in [3.63, 3.8) is 0 Å². The van der Waals surface area contributed by atoms with Gasteiger partial charge < -0.3 is 13.9 Å². The summed E-state index contributed by atoms with van der Waals surface area (Å²) in [5.74, 6) is 0.168. The summed E-state index contributed by atoms with van der Waals surface area (Å²) < 4.78 is 15.6. The van der Waals surface area contributed by atoms with Crippen LogP contribution in [0.5, 0.6) is 0 Å². The first-order valence-electron chi connectivity index (χ1n) is 5.96. The fraction of sp³-hybridized carbons (Fsp3) is 0.667. The van der Waals surface area contributed by atoms with Gasteiger partial charge in [-0.3, -0.25) is 0 Å². The molecule has 0 aliphatic rings. The Balaban J connectivity index is 2.72. The molecule has 0 saturated heterocycles. The SMILES string of the molecule is CCCOCc1nc(CC)c(C(=O)OCC)o1. The van der Waals surface area contributed by atoms with E-state index >= 15 is 0 Å². The molecular weight excluding hydrogens is 222 g/mol. The molecule has 5 nitrogen and oxygen atoms in total. The van der Waals surface area contributed by atoms with Gasteiger partial charge in [0.2, 0.25) is 11.7 Å². The molecule has 0 aliphatic heterocycles. The van der Waals surface area contributed by atoms with E-state index in [4.69, 9.17) is 13.9 Å². The Morgan fingerprint density at radius 2 is 2.12 bits per heavy atom. The van der Waals surface area contributed by atoms with Gasteiger partial charge >= 0.3 is 5.97 Å². The normalized spacial score (nSPS) is 10.5. The Bertz CT molecular complexity index is 359. The Labute approximate surface area is 101 Å². The molecule has 0 bridgehead atoms. The minimum absolute atomic E-state index is 0.199. The van der Waals surface area contributed by atoms with Crippen molar-refractivity contribution in [2.45, 2.75) is 40.2 Å². The minimum atomic E-state index is -0.460. The number of hydrogen-bond donors (Lipinski definition) is 0. The number of rotatable bonds is 7. The molecule has 1 aromatic heterocycles. The molecule has 0 radical (unpaired) electrons. The number of carbonyl (C=O) groups is 1. The van der Waals surface area contributed by atoms with E-state index in [1.54, 1.807) is 6.92 Å². The lowest BCUT2D eigenvalue weighted by Crippen LogP contribution is -2.05. The number of nitrogens with zero attached hydrogens (tertiary/aromatic N) is 1. The summed E-state index contributed by atoms with van der Waals surface area (Å²) in [5, 5.41) is 0. The van der Waals surface area contributed by atoms with E-state index in [1.165, 1.54) is 0 Å². The standard InChI is InChI=1S/C12H19NO4/c1-4-7-15-8-10-13-9(5-2)11(17-10)12(14)16-6-3/h4-8H2,1-3H3. The smallest absolute Gasteiger partial charge is 0.376 e. The van der Waals surface area contributed by atoms with E-state index in [9.17, 15) is 4.79 Å². The summed E-state index contributed by atoms with van der Waals surface area (Å²) in [6.45, 7) is 6.96. The van der Waals surface area contributed by atoms with Crippen molar-refractivity contribution in [3.05, 3.63) is 17.3 Å². The van der Waals surface area contributed by atoms with Crippen molar-refractivity contribution >= 4 is 5.97 Å². The maximum absolute atomic E-state index is 11.6. The molecule has 1 heterocycles. The lowest BCUT2D eigenvalue weighted by molar-refractivity contribution is 0.0477. The van der Waals surface area contributed by atoms with Gasteiger partial charge in [-0.05, 0) is 19.8 Å². The second-order valence-electron chi connectivity index (χ2n) is 3.51. The molecule has 0 atom stereocenters. The van der Waals surface area contributed by atoms with Crippen molar-refractivity contribution in [2.75, 3.05) is 13.2 Å². The van der Waals surface area contributed by atoms with Crippen LogP contribution in [0.15, 0.2) is 4.42 Å². The molecular formula is C12H19NO4. The number of oxazole rings is 1. The first kappa shape index (κ1) is 13.7. The van der Waals surface area contributed by atoms with Crippen LogP contribution in [0.4, 0.5) is 0 Å². The van der Waals surface area contributed by atoms with Crippen LogP contribution in [0.25, 0.3) is 0 Å². The number of hydrogen-bond acceptors (Lipinski definition) is 5. The monoisotopic (exact) mass is 241 g/mol. The van der Waals surface area contributed by atoms with Gasteiger partial charge in [-0.25, -0.2) is 9.78 Å². The fourth-order valence-electron chi connectivity index (χ4n) is 1.36. The highest BCUT2D eigenvalue weighted by Gasteiger charge is 2.19. The van der Waals surface area contributed by atoms with E-state index in [1.807, 2.05) is 13.8 Å². The van der Waals surface area contributed by atoms with E-state index in [2.05, 4.69) is 4.98 Å². The van der Waals surface area contributed by atoms with Crippen molar-refractivity contribution in [3.8, 4) is 0 Å². The summed E-state index contributed by atoms with van der Waals surface area (Å²) >= 11 is 0. The molecule has 0 amide bonds. The van der Waals surface area contributed by atoms with Gasteiger partial charge in [0.15, 0.2) is 0 Å². The summed E-state index contributed by atoms with van der Waals surface area (Å²) in [7, 11) is 0. The molecule has 1 rings (SSSR count). The zero-order chi connectivity index (χ0) is 12.7. The molecule has 0 fully saturated rings. The zero-order valence-electron chi connectivity index (χ0n) is 10.6. The lowest BCUT2D eigenvalue weighted by atomic mass is 10.3. The molecule has 0 N–H and O–H groups in total. The Kier molecular flexibility index (Phi) is 5.69. The van der Waals surface area contributed by atoms with Crippen LogP contribution in [-0.2, 0) is 22.5 Å². The molecule has 0 saturated carbocycles.